The Balaban J connectivity index is 0.000000771. The lowest BCUT2D eigenvalue weighted by Crippen LogP contribution is -1.94. The first kappa shape index (κ1) is 14.5. The average Bonchev–Trinajstić information content (AvgIpc) is 2.71. The molecule has 0 saturated carbocycles. The van der Waals surface area contributed by atoms with Crippen LogP contribution in [-0.2, 0) is 7.05 Å². The highest BCUT2D eigenvalue weighted by Crippen LogP contribution is 2.22. The minimum absolute atomic E-state index is 0.585. The highest BCUT2D eigenvalue weighted by molar-refractivity contribution is 5.60. The molecule has 98 valence electrons. The van der Waals surface area contributed by atoms with Crippen LogP contribution in [0.2, 0.25) is 0 Å². The molecule has 2 heteroatoms. The Morgan fingerprint density at radius 2 is 1.61 bits per heavy atom. The Labute approximate surface area is 111 Å². The first-order valence-corrected chi connectivity index (χ1v) is 6.69. The van der Waals surface area contributed by atoms with Crippen molar-refractivity contribution in [3.63, 3.8) is 0 Å². The standard InChI is InChI=1S/C14H18N2.C2H6/c1-10(2)12-5-7-13(8-6-12)14-9-11(3)15-16(14)4;1-2/h5-10H,1-4H3;1-2H3. The monoisotopic (exact) mass is 244 g/mol. The van der Waals surface area contributed by atoms with Crippen LogP contribution >= 0.6 is 0 Å². The Bertz CT molecular complexity index is 478. The zero-order valence-corrected chi connectivity index (χ0v) is 12.4. The number of aryl methyl sites for hydroxylation is 2. The van der Waals surface area contributed by atoms with E-state index in [9.17, 15) is 0 Å². The molecule has 0 aliphatic heterocycles. The molecule has 0 saturated heterocycles. The summed E-state index contributed by atoms with van der Waals surface area (Å²) in [5.74, 6) is 0.585. The van der Waals surface area contributed by atoms with Gasteiger partial charge in [0.2, 0.25) is 0 Å². The fourth-order valence-electron chi connectivity index (χ4n) is 1.92. The van der Waals surface area contributed by atoms with Gasteiger partial charge >= 0.3 is 0 Å². The number of benzene rings is 1. The fourth-order valence-corrected chi connectivity index (χ4v) is 1.92. The van der Waals surface area contributed by atoms with Gasteiger partial charge in [0.25, 0.3) is 0 Å². The summed E-state index contributed by atoms with van der Waals surface area (Å²) < 4.78 is 1.93. The van der Waals surface area contributed by atoms with Crippen molar-refractivity contribution in [3.05, 3.63) is 41.6 Å². The first-order chi connectivity index (χ1) is 8.58. The zero-order chi connectivity index (χ0) is 13.7. The highest BCUT2D eigenvalue weighted by Gasteiger charge is 2.05. The second kappa shape index (κ2) is 6.39. The van der Waals surface area contributed by atoms with Gasteiger partial charge in [-0.1, -0.05) is 52.0 Å². The van der Waals surface area contributed by atoms with E-state index in [1.807, 2.05) is 32.5 Å². The van der Waals surface area contributed by atoms with Crippen LogP contribution in [0.1, 0.15) is 44.9 Å². The Hall–Kier alpha value is -1.57. The highest BCUT2D eigenvalue weighted by atomic mass is 15.3. The van der Waals surface area contributed by atoms with E-state index < -0.39 is 0 Å². The molecule has 0 atom stereocenters. The van der Waals surface area contributed by atoms with E-state index in [4.69, 9.17) is 0 Å². The molecule has 1 heterocycles. The molecule has 2 rings (SSSR count). The molecule has 1 aromatic heterocycles. The van der Waals surface area contributed by atoms with E-state index in [0.29, 0.717) is 5.92 Å². The molecule has 0 radical (unpaired) electrons. The minimum Gasteiger partial charge on any atom is -0.268 e. The van der Waals surface area contributed by atoms with Gasteiger partial charge in [-0.3, -0.25) is 4.68 Å². The number of rotatable bonds is 2. The van der Waals surface area contributed by atoms with E-state index in [0.717, 1.165) is 5.69 Å². The second-order valence-corrected chi connectivity index (χ2v) is 4.57. The predicted molar refractivity (Wildman–Crippen MR) is 78.8 cm³/mol. The molecule has 0 unspecified atom stereocenters. The molecule has 0 spiro atoms. The minimum atomic E-state index is 0.585. The number of hydrogen-bond donors (Lipinski definition) is 0. The molecule has 0 amide bonds. The van der Waals surface area contributed by atoms with Crippen molar-refractivity contribution >= 4 is 0 Å². The van der Waals surface area contributed by atoms with Crippen LogP contribution in [0.4, 0.5) is 0 Å². The topological polar surface area (TPSA) is 17.8 Å². The summed E-state index contributed by atoms with van der Waals surface area (Å²) in [6.45, 7) is 10.4. The van der Waals surface area contributed by atoms with Gasteiger partial charge in [0.15, 0.2) is 0 Å². The maximum Gasteiger partial charge on any atom is 0.0681 e. The van der Waals surface area contributed by atoms with Gasteiger partial charge in [-0.15, -0.1) is 0 Å². The third-order valence-corrected chi connectivity index (χ3v) is 2.88. The van der Waals surface area contributed by atoms with Crippen LogP contribution in [-0.4, -0.2) is 9.78 Å². The number of aromatic nitrogens is 2. The smallest absolute Gasteiger partial charge is 0.0681 e. The molecule has 0 bridgehead atoms. The van der Waals surface area contributed by atoms with Crippen molar-refractivity contribution in [1.82, 2.24) is 9.78 Å². The third kappa shape index (κ3) is 3.22. The molecule has 0 aliphatic rings. The SMILES string of the molecule is CC.Cc1cc(-c2ccc(C(C)C)cc2)n(C)n1. The predicted octanol–water partition coefficient (Wildman–Crippen LogP) is 4.55. The van der Waals surface area contributed by atoms with Gasteiger partial charge in [0.1, 0.15) is 0 Å². The second-order valence-electron chi connectivity index (χ2n) is 4.57. The van der Waals surface area contributed by atoms with Crippen LogP contribution in [0.15, 0.2) is 30.3 Å². The maximum absolute atomic E-state index is 4.36. The fraction of sp³-hybridized carbons (Fsp3) is 0.438. The Kier molecular flexibility index (Phi) is 5.14. The largest absolute Gasteiger partial charge is 0.268 e. The molecule has 1 aromatic carbocycles. The van der Waals surface area contributed by atoms with Gasteiger partial charge in [0.05, 0.1) is 11.4 Å². The quantitative estimate of drug-likeness (QED) is 0.758. The van der Waals surface area contributed by atoms with Gasteiger partial charge in [-0.25, -0.2) is 0 Å². The van der Waals surface area contributed by atoms with Gasteiger partial charge < -0.3 is 0 Å². The van der Waals surface area contributed by atoms with E-state index in [1.54, 1.807) is 0 Å². The van der Waals surface area contributed by atoms with Crippen LogP contribution in [0.5, 0.6) is 0 Å². The van der Waals surface area contributed by atoms with Crippen molar-refractivity contribution in [2.24, 2.45) is 7.05 Å². The summed E-state index contributed by atoms with van der Waals surface area (Å²) in [6, 6.07) is 10.9. The third-order valence-electron chi connectivity index (χ3n) is 2.88. The van der Waals surface area contributed by atoms with E-state index in [-0.39, 0.29) is 0 Å². The summed E-state index contributed by atoms with van der Waals surface area (Å²) in [5.41, 5.74) is 4.84. The Morgan fingerprint density at radius 3 is 2.00 bits per heavy atom. The van der Waals surface area contributed by atoms with Crippen molar-refractivity contribution < 1.29 is 0 Å². The lowest BCUT2D eigenvalue weighted by Gasteiger charge is -2.07. The zero-order valence-electron chi connectivity index (χ0n) is 12.4. The van der Waals surface area contributed by atoms with Crippen molar-refractivity contribution in [2.45, 2.75) is 40.5 Å². The van der Waals surface area contributed by atoms with Gasteiger partial charge in [-0.05, 0) is 30.0 Å². The first-order valence-electron chi connectivity index (χ1n) is 6.69. The molecule has 0 aliphatic carbocycles. The summed E-state index contributed by atoms with van der Waals surface area (Å²) in [4.78, 5) is 0. The number of hydrogen-bond acceptors (Lipinski definition) is 1. The summed E-state index contributed by atoms with van der Waals surface area (Å²) in [6.07, 6.45) is 0. The molecule has 0 fully saturated rings. The number of nitrogens with zero attached hydrogens (tertiary/aromatic N) is 2. The van der Waals surface area contributed by atoms with Crippen LogP contribution in [0.25, 0.3) is 11.3 Å². The Morgan fingerprint density at radius 1 is 1.06 bits per heavy atom. The molecule has 18 heavy (non-hydrogen) atoms. The van der Waals surface area contributed by atoms with E-state index >= 15 is 0 Å². The summed E-state index contributed by atoms with van der Waals surface area (Å²) in [7, 11) is 1.98. The lowest BCUT2D eigenvalue weighted by molar-refractivity contribution is 0.764. The normalized spacial score (nSPS) is 10.2. The van der Waals surface area contributed by atoms with E-state index in [1.165, 1.54) is 16.8 Å². The van der Waals surface area contributed by atoms with Gasteiger partial charge in [-0.2, -0.15) is 5.10 Å². The average molecular weight is 244 g/mol. The summed E-state index contributed by atoms with van der Waals surface area (Å²) in [5, 5.41) is 4.36. The van der Waals surface area contributed by atoms with Crippen LogP contribution < -0.4 is 0 Å². The molecule has 0 N–H and O–H groups in total. The lowest BCUT2D eigenvalue weighted by atomic mass is 10.0. The maximum atomic E-state index is 4.36. The summed E-state index contributed by atoms with van der Waals surface area (Å²) >= 11 is 0. The van der Waals surface area contributed by atoms with Gasteiger partial charge in [0, 0.05) is 7.05 Å². The molecule has 2 aromatic rings. The van der Waals surface area contributed by atoms with Crippen LogP contribution in [0.3, 0.4) is 0 Å². The van der Waals surface area contributed by atoms with E-state index in [2.05, 4.69) is 49.3 Å². The molecular weight excluding hydrogens is 220 g/mol. The molecule has 2 nitrogen and oxygen atoms in total. The van der Waals surface area contributed by atoms with Crippen molar-refractivity contribution in [2.75, 3.05) is 0 Å². The van der Waals surface area contributed by atoms with Crippen molar-refractivity contribution in [3.8, 4) is 11.3 Å². The van der Waals surface area contributed by atoms with Crippen LogP contribution in [0, 0.1) is 6.92 Å². The molecular formula is C16H24N2. The van der Waals surface area contributed by atoms with Crippen molar-refractivity contribution in [1.29, 1.82) is 0 Å².